The smallest absolute Gasteiger partial charge is 0.259 e. The van der Waals surface area contributed by atoms with Crippen molar-refractivity contribution in [2.45, 2.75) is 13.8 Å². The van der Waals surface area contributed by atoms with Gasteiger partial charge in [0.1, 0.15) is 5.75 Å². The highest BCUT2D eigenvalue weighted by Crippen LogP contribution is 2.25. The molecule has 1 aromatic heterocycles. The summed E-state index contributed by atoms with van der Waals surface area (Å²) in [5.41, 5.74) is 8.97. The van der Waals surface area contributed by atoms with Crippen molar-refractivity contribution in [2.75, 3.05) is 18.2 Å². The number of nitrogens with zero attached hydrogens (tertiary/aromatic N) is 2. The van der Waals surface area contributed by atoms with Gasteiger partial charge in [0.05, 0.1) is 29.7 Å². The Labute approximate surface area is 117 Å². The van der Waals surface area contributed by atoms with Crippen LogP contribution in [0.1, 0.15) is 21.7 Å². The molecule has 6 heteroatoms. The van der Waals surface area contributed by atoms with E-state index in [1.165, 1.54) is 0 Å². The van der Waals surface area contributed by atoms with E-state index in [2.05, 4.69) is 10.4 Å². The summed E-state index contributed by atoms with van der Waals surface area (Å²) in [5, 5.41) is 7.03. The minimum Gasteiger partial charge on any atom is -0.497 e. The molecule has 1 amide bonds. The quantitative estimate of drug-likeness (QED) is 0.837. The second-order valence-electron chi connectivity index (χ2n) is 4.58. The number of rotatable bonds is 3. The molecule has 0 aliphatic heterocycles. The first-order valence-corrected chi connectivity index (χ1v) is 6.19. The molecule has 3 N–H and O–H groups in total. The molecule has 106 valence electrons. The van der Waals surface area contributed by atoms with Crippen molar-refractivity contribution in [2.24, 2.45) is 7.05 Å². The lowest BCUT2D eigenvalue weighted by molar-refractivity contribution is 0.102. The molecule has 0 radical (unpaired) electrons. The van der Waals surface area contributed by atoms with Crippen LogP contribution in [0.4, 0.5) is 11.4 Å². The van der Waals surface area contributed by atoms with Crippen molar-refractivity contribution in [1.82, 2.24) is 9.78 Å². The van der Waals surface area contributed by atoms with Crippen molar-refractivity contribution in [3.63, 3.8) is 0 Å². The molecule has 2 aromatic rings. The summed E-state index contributed by atoms with van der Waals surface area (Å²) in [6.07, 6.45) is 0. The average molecular weight is 274 g/mol. The number of anilines is 2. The first kappa shape index (κ1) is 13.9. The Bertz CT molecular complexity index is 661. The maximum absolute atomic E-state index is 12.3. The van der Waals surface area contributed by atoms with Crippen molar-refractivity contribution in [1.29, 1.82) is 0 Å². The Balaban J connectivity index is 2.28. The van der Waals surface area contributed by atoms with Crippen LogP contribution in [0.15, 0.2) is 18.2 Å². The van der Waals surface area contributed by atoms with Crippen LogP contribution in [0.25, 0.3) is 0 Å². The van der Waals surface area contributed by atoms with Crippen molar-refractivity contribution < 1.29 is 9.53 Å². The summed E-state index contributed by atoms with van der Waals surface area (Å²) >= 11 is 0. The van der Waals surface area contributed by atoms with E-state index in [0.29, 0.717) is 28.4 Å². The van der Waals surface area contributed by atoms with E-state index in [1.807, 2.05) is 6.92 Å². The van der Waals surface area contributed by atoms with Crippen molar-refractivity contribution >= 4 is 17.3 Å². The molecule has 20 heavy (non-hydrogen) atoms. The zero-order valence-electron chi connectivity index (χ0n) is 12.0. The zero-order valence-corrected chi connectivity index (χ0v) is 12.0. The third kappa shape index (κ3) is 2.45. The number of aryl methyl sites for hydroxylation is 2. The topological polar surface area (TPSA) is 82.2 Å². The minimum atomic E-state index is -0.218. The molecular formula is C14H18N4O2. The van der Waals surface area contributed by atoms with Crippen molar-refractivity contribution in [3.8, 4) is 5.75 Å². The SMILES string of the molecule is COc1ccc(NC(=O)c2c(C)nn(C)c2C)c(N)c1. The Morgan fingerprint density at radius 3 is 2.60 bits per heavy atom. The highest BCUT2D eigenvalue weighted by molar-refractivity contribution is 6.07. The summed E-state index contributed by atoms with van der Waals surface area (Å²) in [6, 6.07) is 5.13. The maximum atomic E-state index is 12.3. The molecule has 0 saturated carbocycles. The number of benzene rings is 1. The number of aromatic nitrogens is 2. The summed E-state index contributed by atoms with van der Waals surface area (Å²) in [7, 11) is 3.37. The summed E-state index contributed by atoms with van der Waals surface area (Å²) in [6.45, 7) is 3.66. The second-order valence-corrected chi connectivity index (χ2v) is 4.58. The molecule has 0 aliphatic carbocycles. The van der Waals surface area contributed by atoms with Crippen LogP contribution < -0.4 is 15.8 Å². The fourth-order valence-corrected chi connectivity index (χ4v) is 2.07. The molecule has 0 bridgehead atoms. The molecule has 0 fully saturated rings. The number of nitrogen functional groups attached to an aromatic ring is 1. The van der Waals surface area contributed by atoms with Gasteiger partial charge in [0.25, 0.3) is 5.91 Å². The number of amides is 1. The lowest BCUT2D eigenvalue weighted by Crippen LogP contribution is -2.15. The second kappa shape index (κ2) is 5.24. The predicted molar refractivity (Wildman–Crippen MR) is 78.0 cm³/mol. The number of hydrogen-bond donors (Lipinski definition) is 2. The lowest BCUT2D eigenvalue weighted by Gasteiger charge is -2.10. The van der Waals surface area contributed by atoms with Gasteiger partial charge in [-0.25, -0.2) is 0 Å². The fraction of sp³-hybridized carbons (Fsp3) is 0.286. The third-order valence-corrected chi connectivity index (χ3v) is 3.24. The van der Waals surface area contributed by atoms with Crippen LogP contribution >= 0.6 is 0 Å². The number of nitrogens with one attached hydrogen (secondary N) is 1. The summed E-state index contributed by atoms with van der Waals surface area (Å²) < 4.78 is 6.76. The van der Waals surface area contributed by atoms with Crippen LogP contribution in [0.2, 0.25) is 0 Å². The first-order chi connectivity index (χ1) is 9.43. The van der Waals surface area contributed by atoms with Gasteiger partial charge in [-0.1, -0.05) is 0 Å². The third-order valence-electron chi connectivity index (χ3n) is 3.24. The van der Waals surface area contributed by atoms with E-state index in [9.17, 15) is 4.79 Å². The monoisotopic (exact) mass is 274 g/mol. The molecule has 1 heterocycles. The highest BCUT2D eigenvalue weighted by Gasteiger charge is 2.18. The molecule has 0 unspecified atom stereocenters. The number of carbonyl (C=O) groups excluding carboxylic acids is 1. The normalized spacial score (nSPS) is 10.4. The molecular weight excluding hydrogens is 256 g/mol. The van der Waals surface area contributed by atoms with Crippen LogP contribution in [-0.4, -0.2) is 22.8 Å². The van der Waals surface area contributed by atoms with E-state index in [4.69, 9.17) is 10.5 Å². The fourth-order valence-electron chi connectivity index (χ4n) is 2.07. The van der Waals surface area contributed by atoms with Gasteiger partial charge in [-0.3, -0.25) is 9.48 Å². The van der Waals surface area contributed by atoms with Crippen molar-refractivity contribution in [3.05, 3.63) is 35.2 Å². The van der Waals surface area contributed by atoms with E-state index in [-0.39, 0.29) is 5.91 Å². The van der Waals surface area contributed by atoms with E-state index in [0.717, 1.165) is 5.69 Å². The summed E-state index contributed by atoms with van der Waals surface area (Å²) in [5.74, 6) is 0.430. The summed E-state index contributed by atoms with van der Waals surface area (Å²) in [4.78, 5) is 12.3. The van der Waals surface area contributed by atoms with E-state index >= 15 is 0 Å². The van der Waals surface area contributed by atoms with Crippen LogP contribution in [0.3, 0.4) is 0 Å². The van der Waals surface area contributed by atoms with Crippen LogP contribution in [-0.2, 0) is 7.05 Å². The van der Waals surface area contributed by atoms with Gasteiger partial charge in [0.15, 0.2) is 0 Å². The van der Waals surface area contributed by atoms with E-state index in [1.54, 1.807) is 44.0 Å². The van der Waals surface area contributed by atoms with E-state index < -0.39 is 0 Å². The highest BCUT2D eigenvalue weighted by atomic mass is 16.5. The van der Waals surface area contributed by atoms with Gasteiger partial charge in [-0.15, -0.1) is 0 Å². The van der Waals surface area contributed by atoms with Crippen LogP contribution in [0, 0.1) is 13.8 Å². The van der Waals surface area contributed by atoms with Gasteiger partial charge in [0.2, 0.25) is 0 Å². The number of ether oxygens (including phenoxy) is 1. The minimum absolute atomic E-state index is 0.218. The van der Waals surface area contributed by atoms with Gasteiger partial charge < -0.3 is 15.8 Å². The predicted octanol–water partition coefficient (Wildman–Crippen LogP) is 1.88. The Hall–Kier alpha value is -2.50. The number of methoxy groups -OCH3 is 1. The molecule has 0 atom stereocenters. The molecule has 6 nitrogen and oxygen atoms in total. The lowest BCUT2D eigenvalue weighted by atomic mass is 10.1. The Kier molecular flexibility index (Phi) is 3.65. The molecule has 0 saturated heterocycles. The number of carbonyl (C=O) groups is 1. The number of hydrogen-bond acceptors (Lipinski definition) is 4. The molecule has 0 spiro atoms. The van der Waals surface area contributed by atoms with Crippen LogP contribution in [0.5, 0.6) is 5.75 Å². The van der Waals surface area contributed by atoms with Gasteiger partial charge in [-0.2, -0.15) is 5.10 Å². The largest absolute Gasteiger partial charge is 0.497 e. The average Bonchev–Trinajstić information content (AvgIpc) is 2.65. The van der Waals surface area contributed by atoms with Gasteiger partial charge in [0, 0.05) is 18.8 Å². The first-order valence-electron chi connectivity index (χ1n) is 6.19. The van der Waals surface area contributed by atoms with Gasteiger partial charge >= 0.3 is 0 Å². The molecule has 2 rings (SSSR count). The molecule has 0 aliphatic rings. The Morgan fingerprint density at radius 2 is 2.10 bits per heavy atom. The number of nitrogens with two attached hydrogens (primary N) is 1. The van der Waals surface area contributed by atoms with Gasteiger partial charge in [-0.05, 0) is 26.0 Å². The standard InChI is InChI=1S/C14H18N4O2/c1-8-13(9(2)18(3)17-8)14(19)16-12-6-5-10(20-4)7-11(12)15/h5-7H,15H2,1-4H3,(H,16,19). The maximum Gasteiger partial charge on any atom is 0.259 e. The molecule has 1 aromatic carbocycles. The Morgan fingerprint density at radius 1 is 1.40 bits per heavy atom. The zero-order chi connectivity index (χ0) is 14.9.